The molecule has 45 heavy (non-hydrogen) atoms. The Hall–Kier alpha value is -2.92. The van der Waals surface area contributed by atoms with E-state index in [2.05, 4.69) is 94.4 Å². The second kappa shape index (κ2) is 12.4. The molecular weight excluding hydrogens is 645 g/mol. The first-order valence-corrected chi connectivity index (χ1v) is 16.7. The summed E-state index contributed by atoms with van der Waals surface area (Å²) in [5, 5.41) is 0. The number of benzene rings is 3. The quantitative estimate of drug-likeness (QED) is 0.313. The molecule has 2 fully saturated rings. The Morgan fingerprint density at radius 1 is 0.756 bits per heavy atom. The van der Waals surface area contributed by atoms with E-state index in [1.54, 1.807) is 4.81 Å². The van der Waals surface area contributed by atoms with E-state index in [0.29, 0.717) is 6.04 Å². The summed E-state index contributed by atoms with van der Waals surface area (Å²) in [6.45, 7) is 10.1. The molecule has 2 heterocycles. The van der Waals surface area contributed by atoms with Gasteiger partial charge in [0.2, 0.25) is 0 Å². The summed E-state index contributed by atoms with van der Waals surface area (Å²) in [5.74, 6) is 0. The van der Waals surface area contributed by atoms with Gasteiger partial charge < -0.3 is 13.6 Å². The highest BCUT2D eigenvalue weighted by Gasteiger charge is 2.64. The number of alkyl halides is 6. The molecule has 7 nitrogen and oxygen atoms in total. The number of nitrogens with one attached hydrogen (secondary N) is 1. The minimum atomic E-state index is -6.72. The summed E-state index contributed by atoms with van der Waals surface area (Å²) in [4.78, 5) is 1.59. The molecule has 0 radical (unpaired) electrons. The predicted molar refractivity (Wildman–Crippen MR) is 158 cm³/mol. The number of aryl methyl sites for hydroxylation is 2. The van der Waals surface area contributed by atoms with E-state index in [0.717, 1.165) is 4.13 Å². The minimum absolute atomic E-state index is 0.0681. The molecule has 5 rings (SSSR count). The van der Waals surface area contributed by atoms with Crippen molar-refractivity contribution in [1.29, 1.82) is 0 Å². The maximum Gasteiger partial charge on any atom is 0.610 e. The van der Waals surface area contributed by atoms with E-state index in [1.807, 2.05) is 0 Å². The molecule has 0 aromatic heterocycles. The van der Waals surface area contributed by atoms with Crippen LogP contribution in [0.3, 0.4) is 0 Å². The number of sulfonamides is 2. The Bertz CT molecular complexity index is 1670. The van der Waals surface area contributed by atoms with E-state index in [1.165, 1.54) is 58.2 Å². The van der Waals surface area contributed by atoms with Crippen LogP contribution in [0.5, 0.6) is 0 Å². The van der Waals surface area contributed by atoms with Gasteiger partial charge in [0.25, 0.3) is 0 Å². The second-order valence-electron chi connectivity index (χ2n) is 11.1. The van der Waals surface area contributed by atoms with Crippen LogP contribution in [-0.2, 0) is 30.3 Å². The van der Waals surface area contributed by atoms with E-state index >= 15 is 0 Å². The van der Waals surface area contributed by atoms with Crippen LogP contribution >= 0.6 is 0 Å². The molecule has 16 heteroatoms. The molecule has 2 aliphatic rings. The number of nitrogens with zero attached hydrogens (tertiary/aromatic N) is 1. The highest BCUT2D eigenvalue weighted by Crippen LogP contribution is 2.45. The van der Waals surface area contributed by atoms with Gasteiger partial charge >= 0.3 is 18.1 Å². The van der Waals surface area contributed by atoms with E-state index in [-0.39, 0.29) is 7.05 Å². The third kappa shape index (κ3) is 6.52. The number of rotatable bonds is 5. The van der Waals surface area contributed by atoms with E-state index in [9.17, 15) is 43.2 Å². The van der Waals surface area contributed by atoms with Crippen LogP contribution in [0.4, 0.5) is 26.3 Å². The monoisotopic (exact) mass is 676 g/mol. The van der Waals surface area contributed by atoms with Crippen LogP contribution in [0.25, 0.3) is 4.13 Å². The summed E-state index contributed by atoms with van der Waals surface area (Å²) in [6.07, 6.45) is 2.45. The number of hydrogen-bond acceptors (Lipinski definition) is 5. The molecular formula is C29H31BF6N2O5S2. The highest BCUT2D eigenvalue weighted by molar-refractivity contribution is 8.13. The first-order valence-electron chi connectivity index (χ1n) is 13.8. The summed E-state index contributed by atoms with van der Waals surface area (Å²) in [7, 11) is -13.4. The van der Waals surface area contributed by atoms with Crippen molar-refractivity contribution in [3.63, 3.8) is 0 Å². The summed E-state index contributed by atoms with van der Waals surface area (Å²) < 4.78 is 116. The van der Waals surface area contributed by atoms with E-state index in [4.69, 9.17) is 4.65 Å². The third-order valence-electron chi connectivity index (χ3n) is 8.43. The molecule has 244 valence electrons. The van der Waals surface area contributed by atoms with Crippen LogP contribution in [0.2, 0.25) is 0 Å². The van der Waals surface area contributed by atoms with Crippen molar-refractivity contribution in [2.24, 2.45) is 0 Å². The zero-order chi connectivity index (χ0) is 33.6. The largest absolute Gasteiger partial charge is 0.610 e. The van der Waals surface area contributed by atoms with Crippen molar-refractivity contribution in [2.75, 3.05) is 6.54 Å². The average molecular weight is 677 g/mol. The van der Waals surface area contributed by atoms with Gasteiger partial charge in [0, 0.05) is 18.3 Å². The van der Waals surface area contributed by atoms with Crippen LogP contribution < -0.4 is 10.3 Å². The number of halogens is 6. The van der Waals surface area contributed by atoms with Gasteiger partial charge in [-0.15, -0.1) is 0 Å². The fourth-order valence-corrected chi connectivity index (χ4v) is 7.78. The van der Waals surface area contributed by atoms with Crippen LogP contribution in [0, 0.1) is 27.7 Å². The number of fused-ring (bicyclic) bond motifs is 1. The topological polar surface area (TPSA) is 96.1 Å². The molecule has 1 unspecified atom stereocenters. The second-order valence-corrected chi connectivity index (χ2v) is 14.5. The van der Waals surface area contributed by atoms with Gasteiger partial charge in [0.1, 0.15) is 6.04 Å². The molecule has 0 saturated carbocycles. The summed E-state index contributed by atoms with van der Waals surface area (Å²) in [6, 6.07) is 24.7. The number of hydrogen-bond donors (Lipinski definition) is 1. The van der Waals surface area contributed by atoms with Crippen LogP contribution in [-0.4, -0.2) is 47.5 Å². The molecule has 2 atom stereocenters. The Balaban J connectivity index is 0.000000262. The molecule has 2 aliphatic heterocycles. The standard InChI is InChI=1S/C27H30BNO.C2F6NO4S2/c1-19-11-8-15-24(21(19)3)27(25-16-9-12-20(2)22(25)4)26-17-10-18-29(26)28(30-27)23-13-6-5-7-14-23;3-1(4,5)14(10,11)9-15(12,13)2(6,7)8/h5-9,11-16,26H,10,17-18H2,1-4H3;/q;-1/p+1/t26-;/m0./s1. The fraction of sp³-hybridized carbons (Fsp3) is 0.379. The van der Waals surface area contributed by atoms with Crippen LogP contribution in [0.1, 0.15) is 46.2 Å². The van der Waals surface area contributed by atoms with Crippen molar-refractivity contribution in [3.05, 3.63) is 104 Å². The van der Waals surface area contributed by atoms with Crippen molar-refractivity contribution in [3.8, 4) is 0 Å². The average Bonchev–Trinajstić information content (AvgIpc) is 3.54. The molecule has 0 spiro atoms. The SMILES string of the molecule is Cc1cccc(C2(c3cccc(C)c3C)OB(c3ccccc3)[NH+]3CCC[C@H]32)c1C.O=S(=O)([N-]S(=O)(=O)C(F)(F)F)C(F)(F)F. The van der Waals surface area contributed by atoms with Gasteiger partial charge in [-0.25, -0.2) is 16.8 Å². The van der Waals surface area contributed by atoms with Gasteiger partial charge in [-0.2, -0.15) is 26.3 Å². The zero-order valence-electron chi connectivity index (χ0n) is 24.7. The van der Waals surface area contributed by atoms with Gasteiger partial charge in [-0.1, -0.05) is 66.7 Å². The van der Waals surface area contributed by atoms with Gasteiger partial charge in [0.05, 0.1) is 6.54 Å². The lowest BCUT2D eigenvalue weighted by atomic mass is 9.72. The third-order valence-corrected chi connectivity index (χ3v) is 11.2. The predicted octanol–water partition coefficient (Wildman–Crippen LogP) is 4.70. The molecule has 3 aromatic rings. The van der Waals surface area contributed by atoms with Crippen molar-refractivity contribution >= 4 is 32.6 Å². The minimum Gasteiger partial charge on any atom is -0.421 e. The molecule has 0 amide bonds. The lowest BCUT2D eigenvalue weighted by molar-refractivity contribution is -0.799. The van der Waals surface area contributed by atoms with E-state index < -0.39 is 36.7 Å². The van der Waals surface area contributed by atoms with Crippen LogP contribution in [0.15, 0.2) is 66.7 Å². The summed E-state index contributed by atoms with van der Waals surface area (Å²) >= 11 is 0. The van der Waals surface area contributed by atoms with Crippen molar-refractivity contribution < 1.29 is 52.6 Å². The van der Waals surface area contributed by atoms with Gasteiger partial charge in [-0.05, 0) is 61.1 Å². The Kier molecular flexibility index (Phi) is 9.60. The molecule has 2 saturated heterocycles. The van der Waals surface area contributed by atoms with Crippen molar-refractivity contribution in [2.45, 2.75) is 63.2 Å². The molecule has 0 bridgehead atoms. The zero-order valence-corrected chi connectivity index (χ0v) is 26.3. The smallest absolute Gasteiger partial charge is 0.421 e. The maximum atomic E-state index is 11.4. The lowest BCUT2D eigenvalue weighted by Gasteiger charge is -2.36. The molecule has 3 aromatic carbocycles. The normalized spacial score (nSPS) is 20.0. The Morgan fingerprint density at radius 3 is 1.67 bits per heavy atom. The van der Waals surface area contributed by atoms with Gasteiger partial charge in [-0.3, -0.25) is 0 Å². The molecule has 1 N–H and O–H groups in total. The Labute approximate surface area is 258 Å². The van der Waals surface area contributed by atoms with Crippen molar-refractivity contribution in [1.82, 2.24) is 0 Å². The lowest BCUT2D eigenvalue weighted by Crippen LogP contribution is -3.19. The highest BCUT2D eigenvalue weighted by atomic mass is 32.3. The summed E-state index contributed by atoms with van der Waals surface area (Å²) in [5.41, 5.74) is -3.45. The first-order chi connectivity index (χ1) is 20.7. The molecule has 0 aliphatic carbocycles. The Morgan fingerprint density at radius 2 is 1.22 bits per heavy atom. The number of quaternary nitrogens is 1. The van der Waals surface area contributed by atoms with Gasteiger partial charge in [0.15, 0.2) is 25.6 Å². The first kappa shape index (κ1) is 34.9. The maximum absolute atomic E-state index is 11.4. The fourth-order valence-electron chi connectivity index (χ4n) is 6.07.